The highest BCUT2D eigenvalue weighted by Gasteiger charge is 2.73. The molecule has 0 aliphatic carbocycles. The molecule has 24 heavy (non-hydrogen) atoms. The lowest BCUT2D eigenvalue weighted by Crippen LogP contribution is -2.52. The molecule has 0 aromatic rings. The fourth-order valence-corrected chi connectivity index (χ4v) is 1.42. The molecule has 0 unspecified atom stereocenters. The topological polar surface area (TPSA) is 0 Å². The van der Waals surface area contributed by atoms with Gasteiger partial charge in [0, 0.05) is 12.8 Å². The Morgan fingerprint density at radius 3 is 0.750 bits per heavy atom. The lowest BCUT2D eigenvalue weighted by molar-refractivity contribution is -0.358. The third-order valence-electron chi connectivity index (χ3n) is 2.86. The molecule has 0 spiro atoms. The molecule has 0 radical (unpaired) electrons. The molecule has 0 aromatic carbocycles. The summed E-state index contributed by atoms with van der Waals surface area (Å²) in [6.07, 6.45) is -21.1. The fraction of sp³-hybridized carbons (Fsp3) is 1.00. The Bertz CT molecular complexity index is 374. The average Bonchev–Trinajstić information content (AvgIpc) is 2.31. The lowest BCUT2D eigenvalue weighted by atomic mass is 9.99. The summed E-state index contributed by atoms with van der Waals surface area (Å²) in [6.45, 7) is 0. The molecule has 146 valence electrons. The first-order valence-corrected chi connectivity index (χ1v) is 5.85. The molecule has 0 rings (SSSR count). The van der Waals surface area contributed by atoms with E-state index in [1.165, 1.54) is 0 Å². The number of halogens is 14. The molecule has 0 fully saturated rings. The lowest BCUT2D eigenvalue weighted by Gasteiger charge is -2.29. The standard InChI is InChI=1S/C10H8F14/c11-5(12,7(15,16)9(19,20)21)3-1-2-4-6(13,14)8(17,18)10(22,23)24/h1-4H2. The van der Waals surface area contributed by atoms with Crippen LogP contribution in [0.15, 0.2) is 0 Å². The van der Waals surface area contributed by atoms with Gasteiger partial charge in [0.25, 0.3) is 0 Å². The molecule has 0 aliphatic rings. The SMILES string of the molecule is FC(F)(F)C(F)(F)C(F)(F)CCCCC(F)(F)C(F)(F)C(F)(F)F. The maximum absolute atomic E-state index is 12.8. The van der Waals surface area contributed by atoms with E-state index in [1.807, 2.05) is 0 Å². The van der Waals surface area contributed by atoms with Gasteiger partial charge in [0.1, 0.15) is 0 Å². The van der Waals surface area contributed by atoms with E-state index in [4.69, 9.17) is 0 Å². The summed E-state index contributed by atoms with van der Waals surface area (Å²) in [4.78, 5) is 0. The molecular formula is C10H8F14. The summed E-state index contributed by atoms with van der Waals surface area (Å²) in [5, 5.41) is 0. The molecule has 14 heteroatoms. The molecule has 0 bridgehead atoms. The number of unbranched alkanes of at least 4 members (excludes halogenated alkanes) is 1. The normalized spacial score (nSPS) is 15.8. The van der Waals surface area contributed by atoms with Crippen LogP contribution in [0.3, 0.4) is 0 Å². The third-order valence-corrected chi connectivity index (χ3v) is 2.86. The predicted octanol–water partition coefficient (Wildman–Crippen LogP) is 6.21. The maximum Gasteiger partial charge on any atom is 0.459 e. The van der Waals surface area contributed by atoms with Crippen molar-refractivity contribution in [3.63, 3.8) is 0 Å². The van der Waals surface area contributed by atoms with Crippen LogP contribution in [-0.2, 0) is 0 Å². The highest BCUT2D eigenvalue weighted by molar-refractivity contribution is 4.93. The Labute approximate surface area is 124 Å². The van der Waals surface area contributed by atoms with Gasteiger partial charge >= 0.3 is 36.0 Å². The van der Waals surface area contributed by atoms with Gasteiger partial charge in [0.2, 0.25) is 0 Å². The zero-order chi connectivity index (χ0) is 19.8. The smallest absolute Gasteiger partial charge is 0.200 e. The second-order valence-corrected chi connectivity index (χ2v) is 4.76. The Morgan fingerprint density at radius 2 is 0.583 bits per heavy atom. The van der Waals surface area contributed by atoms with E-state index >= 15 is 0 Å². The van der Waals surface area contributed by atoms with Gasteiger partial charge < -0.3 is 0 Å². The van der Waals surface area contributed by atoms with Gasteiger partial charge in [0.05, 0.1) is 0 Å². The molecule has 0 amide bonds. The van der Waals surface area contributed by atoms with Crippen molar-refractivity contribution < 1.29 is 61.5 Å². The van der Waals surface area contributed by atoms with Crippen molar-refractivity contribution in [1.82, 2.24) is 0 Å². The van der Waals surface area contributed by atoms with Gasteiger partial charge in [-0.3, -0.25) is 0 Å². The summed E-state index contributed by atoms with van der Waals surface area (Å²) >= 11 is 0. The largest absolute Gasteiger partial charge is 0.459 e. The Morgan fingerprint density at radius 1 is 0.375 bits per heavy atom. The number of hydrogen-bond acceptors (Lipinski definition) is 0. The van der Waals surface area contributed by atoms with E-state index in [-0.39, 0.29) is 0 Å². The van der Waals surface area contributed by atoms with Crippen molar-refractivity contribution in [3.05, 3.63) is 0 Å². The van der Waals surface area contributed by atoms with Crippen LogP contribution in [0.2, 0.25) is 0 Å². The molecule has 0 atom stereocenters. The summed E-state index contributed by atoms with van der Waals surface area (Å²) in [7, 11) is 0. The van der Waals surface area contributed by atoms with Gasteiger partial charge in [-0.15, -0.1) is 0 Å². The van der Waals surface area contributed by atoms with Crippen LogP contribution in [0.25, 0.3) is 0 Å². The van der Waals surface area contributed by atoms with Gasteiger partial charge in [-0.1, -0.05) is 0 Å². The zero-order valence-electron chi connectivity index (χ0n) is 11.1. The molecule has 0 saturated heterocycles. The Kier molecular flexibility index (Phi) is 6.13. The van der Waals surface area contributed by atoms with Gasteiger partial charge in [-0.05, 0) is 12.8 Å². The van der Waals surface area contributed by atoms with E-state index in [9.17, 15) is 61.5 Å². The first-order valence-electron chi connectivity index (χ1n) is 5.85. The monoisotopic (exact) mass is 394 g/mol. The quantitative estimate of drug-likeness (QED) is 0.356. The fourth-order valence-electron chi connectivity index (χ4n) is 1.42. The van der Waals surface area contributed by atoms with Crippen molar-refractivity contribution in [3.8, 4) is 0 Å². The highest BCUT2D eigenvalue weighted by Crippen LogP contribution is 2.50. The summed E-state index contributed by atoms with van der Waals surface area (Å²) < 4.78 is 171. The first kappa shape index (κ1) is 23.0. The van der Waals surface area contributed by atoms with Crippen LogP contribution in [0, 0.1) is 0 Å². The number of hydrogen-bond donors (Lipinski definition) is 0. The van der Waals surface area contributed by atoms with E-state index in [0.717, 1.165) is 0 Å². The summed E-state index contributed by atoms with van der Waals surface area (Å²) in [5.41, 5.74) is 0. The van der Waals surface area contributed by atoms with Gasteiger partial charge in [0.15, 0.2) is 0 Å². The molecule has 0 aliphatic heterocycles. The Balaban J connectivity index is 4.81. The highest BCUT2D eigenvalue weighted by atomic mass is 19.4. The summed E-state index contributed by atoms with van der Waals surface area (Å²) in [5.74, 6) is -24.5. The predicted molar refractivity (Wildman–Crippen MR) is 50.4 cm³/mol. The minimum atomic E-state index is -6.66. The molecule has 0 saturated carbocycles. The van der Waals surface area contributed by atoms with Crippen LogP contribution < -0.4 is 0 Å². The molecule has 0 heterocycles. The van der Waals surface area contributed by atoms with E-state index < -0.39 is 61.7 Å². The number of alkyl halides is 14. The Hall–Kier alpha value is -0.980. The zero-order valence-corrected chi connectivity index (χ0v) is 11.1. The van der Waals surface area contributed by atoms with Gasteiger partial charge in [-0.2, -0.15) is 61.5 Å². The molecule has 0 N–H and O–H groups in total. The number of rotatable bonds is 7. The second-order valence-electron chi connectivity index (χ2n) is 4.76. The minimum absolute atomic E-state index is 1.57. The van der Waals surface area contributed by atoms with Crippen LogP contribution in [0.4, 0.5) is 61.5 Å². The van der Waals surface area contributed by atoms with Crippen LogP contribution in [0.1, 0.15) is 25.7 Å². The van der Waals surface area contributed by atoms with Crippen molar-refractivity contribution in [2.45, 2.75) is 61.7 Å². The van der Waals surface area contributed by atoms with Crippen molar-refractivity contribution in [2.75, 3.05) is 0 Å². The third kappa shape index (κ3) is 4.35. The van der Waals surface area contributed by atoms with Crippen molar-refractivity contribution in [2.24, 2.45) is 0 Å². The second kappa shape index (κ2) is 6.39. The molecular weight excluding hydrogens is 386 g/mol. The van der Waals surface area contributed by atoms with Crippen molar-refractivity contribution >= 4 is 0 Å². The molecule has 0 nitrogen and oxygen atoms in total. The van der Waals surface area contributed by atoms with Crippen LogP contribution in [-0.4, -0.2) is 36.0 Å². The van der Waals surface area contributed by atoms with Crippen molar-refractivity contribution in [1.29, 1.82) is 0 Å². The van der Waals surface area contributed by atoms with E-state index in [0.29, 0.717) is 0 Å². The average molecular weight is 394 g/mol. The van der Waals surface area contributed by atoms with Crippen LogP contribution in [0.5, 0.6) is 0 Å². The minimum Gasteiger partial charge on any atom is -0.200 e. The van der Waals surface area contributed by atoms with Gasteiger partial charge in [-0.25, -0.2) is 0 Å². The van der Waals surface area contributed by atoms with E-state index in [1.54, 1.807) is 0 Å². The van der Waals surface area contributed by atoms with Crippen LogP contribution >= 0.6 is 0 Å². The maximum atomic E-state index is 12.8. The summed E-state index contributed by atoms with van der Waals surface area (Å²) in [6, 6.07) is 0. The first-order chi connectivity index (χ1) is 10.2. The molecule has 0 aromatic heterocycles. The van der Waals surface area contributed by atoms with E-state index in [2.05, 4.69) is 0 Å².